The van der Waals surface area contributed by atoms with Gasteiger partial charge in [0.2, 0.25) is 0 Å². The number of benzene rings is 4. The molecule has 0 atom stereocenters. The van der Waals surface area contributed by atoms with Gasteiger partial charge in [-0.25, -0.2) is 4.98 Å². The zero-order valence-electron chi connectivity index (χ0n) is 27.6. The summed E-state index contributed by atoms with van der Waals surface area (Å²) in [5.41, 5.74) is 8.71. The molecule has 0 aliphatic carbocycles. The number of ether oxygens (including phenoxy) is 1. The van der Waals surface area contributed by atoms with Crippen molar-refractivity contribution < 1.29 is 25.2 Å². The Balaban J connectivity index is 0.00000386. The van der Waals surface area contributed by atoms with E-state index in [2.05, 4.69) is 136 Å². The summed E-state index contributed by atoms with van der Waals surface area (Å²) < 4.78 is 10.7. The number of fused-ring (bicyclic) bond motifs is 3. The van der Waals surface area contributed by atoms with Crippen LogP contribution in [0.15, 0.2) is 103 Å². The molecule has 0 saturated carbocycles. The molecule has 0 spiro atoms. The number of rotatable bonds is 7. The van der Waals surface area contributed by atoms with Crippen LogP contribution < -0.4 is 4.74 Å². The fourth-order valence-electron chi connectivity index (χ4n) is 6.21. The minimum Gasteiger partial charge on any atom is -0.509 e. The van der Waals surface area contributed by atoms with Crippen LogP contribution >= 0.6 is 0 Å². The number of aryl methyl sites for hydroxylation is 1. The summed E-state index contributed by atoms with van der Waals surface area (Å²) in [6.45, 7) is 13.3. The van der Waals surface area contributed by atoms with Crippen molar-refractivity contribution in [3.05, 3.63) is 132 Å². The van der Waals surface area contributed by atoms with E-state index in [0.717, 1.165) is 51.0 Å². The van der Waals surface area contributed by atoms with Crippen molar-refractivity contribution in [2.24, 2.45) is 5.41 Å². The van der Waals surface area contributed by atoms with Gasteiger partial charge in [0.05, 0.1) is 11.4 Å². The van der Waals surface area contributed by atoms with Crippen molar-refractivity contribution in [3.63, 3.8) is 0 Å². The minimum atomic E-state index is 0. The van der Waals surface area contributed by atoms with Gasteiger partial charge in [-0.05, 0) is 65.1 Å². The topological polar surface area (TPSA) is 44.9 Å². The molecule has 0 amide bonds. The Morgan fingerprint density at radius 3 is 2.30 bits per heavy atom. The second-order valence-corrected chi connectivity index (χ2v) is 13.5. The van der Waals surface area contributed by atoms with Gasteiger partial charge in [0.25, 0.3) is 0 Å². The molecule has 7 aromatic rings. The molecule has 0 fully saturated rings. The van der Waals surface area contributed by atoms with Crippen LogP contribution in [-0.2, 0) is 26.8 Å². The first-order chi connectivity index (χ1) is 22.2. The third-order valence-electron chi connectivity index (χ3n) is 8.20. The monoisotopic (exact) mass is 708 g/mol. The molecular formula is C41H38N4OPd. The first kappa shape index (κ1) is 32.4. The second-order valence-electron chi connectivity index (χ2n) is 13.5. The van der Waals surface area contributed by atoms with Gasteiger partial charge in [-0.1, -0.05) is 88.7 Å². The van der Waals surface area contributed by atoms with Crippen molar-refractivity contribution in [1.82, 2.24) is 19.3 Å². The van der Waals surface area contributed by atoms with Gasteiger partial charge in [-0.15, -0.1) is 35.7 Å². The fraction of sp³-hybridized carbons (Fsp3) is 0.220. The maximum Gasteiger partial charge on any atom is 2.00 e. The molecule has 0 aliphatic rings. The van der Waals surface area contributed by atoms with Crippen LogP contribution in [0.1, 0.15) is 57.5 Å². The summed E-state index contributed by atoms with van der Waals surface area (Å²) >= 11 is 0. The Morgan fingerprint density at radius 1 is 0.809 bits per heavy atom. The van der Waals surface area contributed by atoms with Gasteiger partial charge < -0.3 is 9.30 Å². The zero-order chi connectivity index (χ0) is 32.0. The Kier molecular flexibility index (Phi) is 8.94. The SMILES string of the molecule is Cc1ccnc(-n2c3[c-]c(Oc4[c-]c(-n5nc(C(C)C)c(-c6ccccc6)c5CC(C)(C)C)ccc4)ccc3c3ccccc32)c1.[Pd+2]. The summed E-state index contributed by atoms with van der Waals surface area (Å²) in [7, 11) is 0. The average molecular weight is 709 g/mol. The van der Waals surface area contributed by atoms with E-state index in [1.165, 1.54) is 16.8 Å². The molecule has 3 aromatic heterocycles. The largest absolute Gasteiger partial charge is 2.00 e. The number of pyridine rings is 1. The fourth-order valence-corrected chi connectivity index (χ4v) is 6.21. The maximum absolute atomic E-state index is 6.48. The third kappa shape index (κ3) is 6.41. The molecule has 6 heteroatoms. The van der Waals surface area contributed by atoms with E-state index in [1.807, 2.05) is 30.5 Å². The van der Waals surface area contributed by atoms with Gasteiger partial charge >= 0.3 is 20.4 Å². The molecule has 7 rings (SSSR count). The first-order valence-electron chi connectivity index (χ1n) is 15.9. The first-order valence-corrected chi connectivity index (χ1v) is 15.9. The average Bonchev–Trinajstić information content (AvgIpc) is 3.56. The summed E-state index contributed by atoms with van der Waals surface area (Å²) in [6, 6.07) is 40.3. The molecule has 0 bridgehead atoms. The second kappa shape index (κ2) is 13.0. The molecule has 5 nitrogen and oxygen atoms in total. The normalized spacial score (nSPS) is 11.7. The molecule has 0 saturated heterocycles. The minimum absolute atomic E-state index is 0. The van der Waals surface area contributed by atoms with Crippen molar-refractivity contribution in [2.45, 2.75) is 53.9 Å². The Morgan fingerprint density at radius 2 is 1.55 bits per heavy atom. The molecular weight excluding hydrogens is 671 g/mol. The molecule has 0 radical (unpaired) electrons. The summed E-state index contributed by atoms with van der Waals surface area (Å²) in [5.74, 6) is 2.33. The summed E-state index contributed by atoms with van der Waals surface area (Å²) in [5, 5.41) is 7.47. The number of aromatic nitrogens is 4. The molecule has 238 valence electrons. The summed E-state index contributed by atoms with van der Waals surface area (Å²) in [6.07, 6.45) is 2.71. The van der Waals surface area contributed by atoms with Gasteiger partial charge in [-0.3, -0.25) is 4.68 Å². The van der Waals surface area contributed by atoms with Crippen LogP contribution in [0.4, 0.5) is 0 Å². The molecule has 0 N–H and O–H groups in total. The van der Waals surface area contributed by atoms with Crippen molar-refractivity contribution in [3.8, 4) is 34.1 Å². The number of hydrogen-bond acceptors (Lipinski definition) is 3. The van der Waals surface area contributed by atoms with Gasteiger partial charge in [0.15, 0.2) is 0 Å². The Labute approximate surface area is 290 Å². The van der Waals surface area contributed by atoms with Crippen LogP contribution in [-0.4, -0.2) is 19.3 Å². The standard InChI is InChI=1S/C41H38N4O.Pd/c1-27(2)40-39(29-13-8-7-9-14-29)37(26-41(4,5)6)45(43-40)30-15-12-16-31(24-30)46-32-19-20-34-33-17-10-11-18-35(33)44(36(34)25-32)38-23-28(3)21-22-42-38;/h7-23,27H,26H2,1-6H3;/q-2;+2. The summed E-state index contributed by atoms with van der Waals surface area (Å²) in [4.78, 5) is 4.70. The molecule has 47 heavy (non-hydrogen) atoms. The van der Waals surface area contributed by atoms with Crippen LogP contribution in [0.5, 0.6) is 11.5 Å². The van der Waals surface area contributed by atoms with E-state index in [-0.39, 0.29) is 31.8 Å². The quantitative estimate of drug-likeness (QED) is 0.122. The third-order valence-corrected chi connectivity index (χ3v) is 8.20. The van der Waals surface area contributed by atoms with E-state index in [9.17, 15) is 0 Å². The van der Waals surface area contributed by atoms with Gasteiger partial charge in [-0.2, -0.15) is 17.2 Å². The van der Waals surface area contributed by atoms with E-state index in [4.69, 9.17) is 14.8 Å². The maximum atomic E-state index is 6.48. The molecule has 0 aliphatic heterocycles. The van der Waals surface area contributed by atoms with Crippen molar-refractivity contribution in [2.75, 3.05) is 0 Å². The van der Waals surface area contributed by atoms with E-state index >= 15 is 0 Å². The van der Waals surface area contributed by atoms with Crippen LogP contribution in [0.3, 0.4) is 0 Å². The Bertz CT molecular complexity index is 2190. The Hall–Kier alpha value is -4.50. The van der Waals surface area contributed by atoms with Crippen LogP contribution in [0.25, 0.3) is 44.4 Å². The van der Waals surface area contributed by atoms with Crippen LogP contribution in [0.2, 0.25) is 0 Å². The van der Waals surface area contributed by atoms with E-state index in [0.29, 0.717) is 11.5 Å². The molecule has 4 aromatic carbocycles. The van der Waals surface area contributed by atoms with E-state index < -0.39 is 0 Å². The predicted molar refractivity (Wildman–Crippen MR) is 187 cm³/mol. The molecule has 3 heterocycles. The predicted octanol–water partition coefficient (Wildman–Crippen LogP) is 10.4. The van der Waals surface area contributed by atoms with Crippen molar-refractivity contribution in [1.29, 1.82) is 0 Å². The van der Waals surface area contributed by atoms with E-state index in [1.54, 1.807) is 0 Å². The number of nitrogens with zero attached hydrogens (tertiary/aromatic N) is 4. The van der Waals surface area contributed by atoms with Gasteiger partial charge in [0, 0.05) is 28.8 Å². The number of hydrogen-bond donors (Lipinski definition) is 0. The smallest absolute Gasteiger partial charge is 0.509 e. The van der Waals surface area contributed by atoms with Gasteiger partial charge in [0.1, 0.15) is 5.82 Å². The van der Waals surface area contributed by atoms with Crippen LogP contribution in [0, 0.1) is 24.5 Å². The number of para-hydroxylation sites is 1. The van der Waals surface area contributed by atoms with Crippen molar-refractivity contribution >= 4 is 21.8 Å². The molecule has 0 unspecified atom stereocenters. The zero-order valence-corrected chi connectivity index (χ0v) is 29.2.